The van der Waals surface area contributed by atoms with E-state index in [4.69, 9.17) is 17.2 Å². The molecule has 2 rings (SSSR count). The largest absolute Gasteiger partial charge is 0.481 e. The highest BCUT2D eigenvalue weighted by atomic mass is 16.4. The number of H-pyrrole nitrogens is 2. The predicted octanol–water partition coefficient (Wildman–Crippen LogP) is -3.69. The molecule has 218 valence electrons. The summed E-state index contributed by atoms with van der Waals surface area (Å²) in [5.74, 6) is -5.59. The van der Waals surface area contributed by atoms with Crippen LogP contribution < -0.4 is 33.2 Å². The number of rotatable bonds is 17. The van der Waals surface area contributed by atoms with Crippen LogP contribution in [0.1, 0.15) is 30.7 Å². The lowest BCUT2D eigenvalue weighted by molar-refractivity contribution is -0.143. The van der Waals surface area contributed by atoms with Crippen LogP contribution in [0.5, 0.6) is 0 Å². The summed E-state index contributed by atoms with van der Waals surface area (Å²) in [4.78, 5) is 78.9. The maximum atomic E-state index is 13.1. The first kappa shape index (κ1) is 31.2. The molecule has 18 nitrogen and oxygen atoms in total. The molecule has 0 spiro atoms. The topological polar surface area (TPSA) is 310 Å². The number of carbonyl (C=O) groups is 5. The first-order chi connectivity index (χ1) is 19.0. The van der Waals surface area contributed by atoms with Gasteiger partial charge in [-0.3, -0.25) is 24.2 Å². The van der Waals surface area contributed by atoms with Crippen molar-refractivity contribution >= 4 is 35.6 Å². The van der Waals surface area contributed by atoms with E-state index in [9.17, 15) is 34.2 Å². The minimum absolute atomic E-state index is 0.0377. The molecule has 0 radical (unpaired) electrons. The van der Waals surface area contributed by atoms with Gasteiger partial charge in [0.2, 0.25) is 17.7 Å². The van der Waals surface area contributed by atoms with Gasteiger partial charge in [-0.1, -0.05) is 0 Å². The van der Waals surface area contributed by atoms with E-state index in [1.165, 1.54) is 25.0 Å². The van der Waals surface area contributed by atoms with E-state index < -0.39 is 60.2 Å². The molecule has 4 atom stereocenters. The molecule has 13 N–H and O–H groups in total. The second-order valence-electron chi connectivity index (χ2n) is 8.74. The zero-order valence-corrected chi connectivity index (χ0v) is 21.4. The number of amides is 3. The fraction of sp³-hybridized carbons (Fsp3) is 0.455. The summed E-state index contributed by atoms with van der Waals surface area (Å²) < 4.78 is 0. The summed E-state index contributed by atoms with van der Waals surface area (Å²) in [5, 5.41) is 25.9. The number of carboxylic acid groups (broad SMARTS) is 2. The molecular formula is C22H33N11O7. The van der Waals surface area contributed by atoms with Gasteiger partial charge >= 0.3 is 11.9 Å². The van der Waals surface area contributed by atoms with Crippen LogP contribution in [0.25, 0.3) is 0 Å². The van der Waals surface area contributed by atoms with Gasteiger partial charge in [-0.05, 0) is 12.8 Å². The monoisotopic (exact) mass is 563 g/mol. The molecule has 0 aromatic carbocycles. The molecule has 18 heteroatoms. The molecule has 2 aromatic rings. The molecule has 0 aliphatic rings. The van der Waals surface area contributed by atoms with Crippen molar-refractivity contribution in [2.75, 3.05) is 6.54 Å². The molecular weight excluding hydrogens is 530 g/mol. The van der Waals surface area contributed by atoms with E-state index in [1.54, 1.807) is 0 Å². The zero-order valence-electron chi connectivity index (χ0n) is 21.4. The van der Waals surface area contributed by atoms with E-state index in [-0.39, 0.29) is 38.2 Å². The van der Waals surface area contributed by atoms with E-state index in [1.807, 2.05) is 0 Å². The third-order valence-electron chi connectivity index (χ3n) is 5.51. The number of carboxylic acids is 2. The predicted molar refractivity (Wildman–Crippen MR) is 138 cm³/mol. The lowest BCUT2D eigenvalue weighted by atomic mass is 10.1. The summed E-state index contributed by atoms with van der Waals surface area (Å²) in [6, 6.07) is -5.43. The summed E-state index contributed by atoms with van der Waals surface area (Å²) in [6.45, 7) is 0.0935. The SMILES string of the molecule is NC(N)=NCCCC(NC(=O)C(CC(=O)O)NC(=O)C(N)Cc1cnc[nH]1)C(=O)NC(Cc1cnc[nH]1)C(=O)O. The maximum absolute atomic E-state index is 13.1. The van der Waals surface area contributed by atoms with Crippen molar-refractivity contribution in [1.29, 1.82) is 0 Å². The van der Waals surface area contributed by atoms with Gasteiger partial charge in [-0.2, -0.15) is 0 Å². The Balaban J connectivity index is 2.15. The van der Waals surface area contributed by atoms with Crippen LogP contribution in [-0.4, -0.2) is 96.5 Å². The summed E-state index contributed by atoms with van der Waals surface area (Å²) in [5.41, 5.74) is 17.5. The van der Waals surface area contributed by atoms with Crippen molar-refractivity contribution in [2.24, 2.45) is 22.2 Å². The van der Waals surface area contributed by atoms with Gasteiger partial charge in [0, 0.05) is 43.2 Å². The Morgan fingerprint density at radius 1 is 0.850 bits per heavy atom. The van der Waals surface area contributed by atoms with Crippen molar-refractivity contribution in [2.45, 2.75) is 56.3 Å². The molecule has 0 bridgehead atoms. The molecule has 0 saturated heterocycles. The Kier molecular flexibility index (Phi) is 12.0. The standard InChI is InChI=1S/C22H33N11O7/c23-13(4-11-7-26-9-29-11)18(36)32-15(6-17(34)35)20(38)31-14(2-1-3-28-22(24)25)19(37)33-16(21(39)40)5-12-8-27-10-30-12/h7-10,13-16H,1-6,23H2,(H,26,29)(H,27,30)(H,31,38)(H,32,36)(H,33,37)(H,34,35)(H,39,40)(H4,24,25,28). The third-order valence-corrected chi connectivity index (χ3v) is 5.51. The van der Waals surface area contributed by atoms with E-state index >= 15 is 0 Å². The van der Waals surface area contributed by atoms with E-state index in [2.05, 4.69) is 40.9 Å². The van der Waals surface area contributed by atoms with Gasteiger partial charge in [-0.25, -0.2) is 14.8 Å². The van der Waals surface area contributed by atoms with Gasteiger partial charge in [0.1, 0.15) is 18.1 Å². The number of imidazole rings is 2. The maximum Gasteiger partial charge on any atom is 0.326 e. The van der Waals surface area contributed by atoms with E-state index in [0.717, 1.165) is 0 Å². The number of aliphatic carboxylic acids is 2. The first-order valence-corrected chi connectivity index (χ1v) is 12.1. The number of aromatic nitrogens is 4. The molecule has 0 fully saturated rings. The Labute approximate surface area is 227 Å². The van der Waals surface area contributed by atoms with Crippen LogP contribution in [0.3, 0.4) is 0 Å². The highest BCUT2D eigenvalue weighted by Crippen LogP contribution is 2.06. The summed E-state index contributed by atoms with van der Waals surface area (Å²) >= 11 is 0. The molecule has 40 heavy (non-hydrogen) atoms. The summed E-state index contributed by atoms with van der Waals surface area (Å²) in [6.07, 6.45) is 4.84. The number of nitrogens with zero attached hydrogens (tertiary/aromatic N) is 3. The summed E-state index contributed by atoms with van der Waals surface area (Å²) in [7, 11) is 0. The van der Waals surface area contributed by atoms with Gasteiger partial charge in [0.05, 0.1) is 25.1 Å². The van der Waals surface area contributed by atoms with Gasteiger partial charge in [-0.15, -0.1) is 0 Å². The Hall–Kier alpha value is -5.00. The average molecular weight is 564 g/mol. The number of hydrogen-bond donors (Lipinski definition) is 10. The van der Waals surface area contributed by atoms with Crippen molar-refractivity contribution in [1.82, 2.24) is 35.9 Å². The lowest BCUT2D eigenvalue weighted by Gasteiger charge is -2.24. The lowest BCUT2D eigenvalue weighted by Crippen LogP contribution is -2.57. The minimum Gasteiger partial charge on any atom is -0.481 e. The molecule has 0 aliphatic carbocycles. The number of nitrogens with one attached hydrogen (secondary N) is 5. The van der Waals surface area contributed by atoms with Crippen molar-refractivity contribution < 1.29 is 34.2 Å². The minimum atomic E-state index is -1.59. The molecule has 4 unspecified atom stereocenters. The van der Waals surface area contributed by atoms with Crippen LogP contribution in [0, 0.1) is 0 Å². The van der Waals surface area contributed by atoms with Crippen molar-refractivity contribution in [3.05, 3.63) is 36.4 Å². The Bertz CT molecular complexity index is 1160. The number of nitrogens with two attached hydrogens (primary N) is 3. The van der Waals surface area contributed by atoms with Gasteiger partial charge in [0.15, 0.2) is 5.96 Å². The smallest absolute Gasteiger partial charge is 0.326 e. The molecule has 0 aliphatic heterocycles. The van der Waals surface area contributed by atoms with Crippen LogP contribution in [-0.2, 0) is 36.8 Å². The zero-order chi connectivity index (χ0) is 29.7. The third kappa shape index (κ3) is 10.8. The number of hydrogen-bond acceptors (Lipinski definition) is 9. The van der Waals surface area contributed by atoms with Gasteiger partial charge in [0.25, 0.3) is 0 Å². The highest BCUT2D eigenvalue weighted by molar-refractivity contribution is 5.95. The van der Waals surface area contributed by atoms with Crippen LogP contribution >= 0.6 is 0 Å². The molecule has 2 heterocycles. The average Bonchev–Trinajstić information content (AvgIpc) is 3.58. The Morgan fingerprint density at radius 2 is 1.40 bits per heavy atom. The highest BCUT2D eigenvalue weighted by Gasteiger charge is 2.31. The molecule has 3 amide bonds. The fourth-order valence-electron chi connectivity index (χ4n) is 3.52. The van der Waals surface area contributed by atoms with Crippen molar-refractivity contribution in [3.63, 3.8) is 0 Å². The molecule has 2 aromatic heterocycles. The number of carbonyl (C=O) groups excluding carboxylic acids is 3. The number of aliphatic imine (C=N–C) groups is 1. The van der Waals surface area contributed by atoms with Crippen LogP contribution in [0.15, 0.2) is 30.0 Å². The van der Waals surface area contributed by atoms with Crippen LogP contribution in [0.2, 0.25) is 0 Å². The number of aromatic amines is 2. The second-order valence-corrected chi connectivity index (χ2v) is 8.74. The first-order valence-electron chi connectivity index (χ1n) is 12.1. The van der Waals surface area contributed by atoms with Crippen LogP contribution in [0.4, 0.5) is 0 Å². The normalized spacial score (nSPS) is 13.7. The fourth-order valence-corrected chi connectivity index (χ4v) is 3.52. The number of guanidine groups is 1. The Morgan fingerprint density at radius 3 is 1.93 bits per heavy atom. The van der Waals surface area contributed by atoms with E-state index in [0.29, 0.717) is 11.4 Å². The van der Waals surface area contributed by atoms with Gasteiger partial charge < -0.3 is 53.3 Å². The molecule has 0 saturated carbocycles. The quantitative estimate of drug-likeness (QED) is 0.0505. The second kappa shape index (κ2) is 15.4. The van der Waals surface area contributed by atoms with Crippen molar-refractivity contribution in [3.8, 4) is 0 Å².